The highest BCUT2D eigenvalue weighted by Gasteiger charge is 2.19. The van der Waals surface area contributed by atoms with E-state index in [1.54, 1.807) is 18.2 Å². The van der Waals surface area contributed by atoms with Crippen LogP contribution in [0.5, 0.6) is 0 Å². The van der Waals surface area contributed by atoms with Crippen molar-refractivity contribution < 1.29 is 24.5 Å². The molecule has 1 aromatic carbocycles. The predicted molar refractivity (Wildman–Crippen MR) is 72.1 cm³/mol. The van der Waals surface area contributed by atoms with Crippen molar-refractivity contribution in [1.82, 2.24) is 0 Å². The first-order chi connectivity index (χ1) is 8.45. The zero-order valence-corrected chi connectivity index (χ0v) is 11.9. The SMILES string of the molecule is COC(=O)CCc1cc(I)ccc1C(O)C(=O)O. The maximum Gasteiger partial charge on any atom is 0.337 e. The molecule has 0 aliphatic carbocycles. The molecule has 0 aromatic heterocycles. The highest BCUT2D eigenvalue weighted by Crippen LogP contribution is 2.22. The number of ether oxygens (including phenoxy) is 1. The van der Waals surface area contributed by atoms with E-state index in [0.29, 0.717) is 17.5 Å². The molecule has 98 valence electrons. The highest BCUT2D eigenvalue weighted by molar-refractivity contribution is 14.1. The van der Waals surface area contributed by atoms with Gasteiger partial charge in [0, 0.05) is 9.99 Å². The molecule has 1 rings (SSSR count). The molecule has 0 saturated carbocycles. The van der Waals surface area contributed by atoms with Gasteiger partial charge in [-0.15, -0.1) is 0 Å². The summed E-state index contributed by atoms with van der Waals surface area (Å²) in [6, 6.07) is 5.03. The van der Waals surface area contributed by atoms with Crippen LogP contribution in [0.1, 0.15) is 23.7 Å². The zero-order valence-electron chi connectivity index (χ0n) is 9.72. The van der Waals surface area contributed by atoms with E-state index in [-0.39, 0.29) is 12.4 Å². The molecule has 0 amide bonds. The lowest BCUT2D eigenvalue weighted by molar-refractivity contribution is -0.147. The number of benzene rings is 1. The fraction of sp³-hybridized carbons (Fsp3) is 0.333. The molecule has 0 aliphatic rings. The van der Waals surface area contributed by atoms with Crippen molar-refractivity contribution in [3.8, 4) is 0 Å². The van der Waals surface area contributed by atoms with Crippen LogP contribution in [0.4, 0.5) is 0 Å². The molecule has 0 saturated heterocycles. The van der Waals surface area contributed by atoms with E-state index < -0.39 is 12.1 Å². The molecular formula is C12H13IO5. The van der Waals surface area contributed by atoms with Crippen LogP contribution in [0.2, 0.25) is 0 Å². The predicted octanol–water partition coefficient (Wildman–Crippen LogP) is 1.51. The molecular weight excluding hydrogens is 351 g/mol. The molecule has 1 aromatic rings. The van der Waals surface area contributed by atoms with Gasteiger partial charge in [0.25, 0.3) is 0 Å². The lowest BCUT2D eigenvalue weighted by Gasteiger charge is -2.12. The molecule has 18 heavy (non-hydrogen) atoms. The second-order valence-electron chi connectivity index (χ2n) is 3.66. The number of hydrogen-bond acceptors (Lipinski definition) is 4. The Bertz CT molecular complexity index is 458. The van der Waals surface area contributed by atoms with E-state index in [1.807, 2.05) is 0 Å². The first-order valence-corrected chi connectivity index (χ1v) is 6.29. The third-order valence-corrected chi connectivity index (χ3v) is 3.13. The molecule has 6 heteroatoms. The van der Waals surface area contributed by atoms with E-state index in [4.69, 9.17) is 5.11 Å². The van der Waals surface area contributed by atoms with Crippen molar-refractivity contribution in [3.05, 3.63) is 32.9 Å². The van der Waals surface area contributed by atoms with Crippen LogP contribution >= 0.6 is 22.6 Å². The third kappa shape index (κ3) is 3.95. The Labute approximate surface area is 118 Å². The average Bonchev–Trinajstić information content (AvgIpc) is 2.35. The van der Waals surface area contributed by atoms with Gasteiger partial charge >= 0.3 is 11.9 Å². The van der Waals surface area contributed by atoms with Crippen LogP contribution < -0.4 is 0 Å². The minimum Gasteiger partial charge on any atom is -0.479 e. The Balaban J connectivity index is 2.96. The molecule has 0 heterocycles. The van der Waals surface area contributed by atoms with E-state index >= 15 is 0 Å². The van der Waals surface area contributed by atoms with Gasteiger partial charge in [0.05, 0.1) is 7.11 Å². The topological polar surface area (TPSA) is 83.8 Å². The molecule has 0 fully saturated rings. The second-order valence-corrected chi connectivity index (χ2v) is 4.91. The minimum atomic E-state index is -1.57. The molecule has 0 aliphatic heterocycles. The number of halogens is 1. The number of esters is 1. The van der Waals surface area contributed by atoms with Crippen LogP contribution in [0, 0.1) is 3.57 Å². The Morgan fingerprint density at radius 3 is 2.67 bits per heavy atom. The number of carboxylic acid groups (broad SMARTS) is 1. The van der Waals surface area contributed by atoms with E-state index in [0.717, 1.165) is 3.57 Å². The summed E-state index contributed by atoms with van der Waals surface area (Å²) >= 11 is 2.08. The van der Waals surface area contributed by atoms with E-state index in [9.17, 15) is 14.7 Å². The van der Waals surface area contributed by atoms with Crippen LogP contribution in [0.15, 0.2) is 18.2 Å². The number of rotatable bonds is 5. The van der Waals surface area contributed by atoms with Crippen molar-refractivity contribution in [2.24, 2.45) is 0 Å². The molecule has 1 atom stereocenters. The van der Waals surface area contributed by atoms with Crippen molar-refractivity contribution in [3.63, 3.8) is 0 Å². The number of aliphatic hydroxyl groups is 1. The first kappa shape index (κ1) is 14.9. The van der Waals surface area contributed by atoms with Gasteiger partial charge in [-0.3, -0.25) is 4.79 Å². The van der Waals surface area contributed by atoms with Gasteiger partial charge in [0.1, 0.15) is 0 Å². The Morgan fingerprint density at radius 2 is 2.11 bits per heavy atom. The monoisotopic (exact) mass is 364 g/mol. The number of hydrogen-bond donors (Lipinski definition) is 2. The standard InChI is InChI=1S/C12H13IO5/c1-18-10(14)5-2-7-6-8(13)3-4-9(7)11(15)12(16)17/h3-4,6,11,15H,2,5H2,1H3,(H,16,17). The van der Waals surface area contributed by atoms with Crippen molar-refractivity contribution in [2.45, 2.75) is 18.9 Å². The number of carboxylic acids is 1. The molecule has 2 N–H and O–H groups in total. The molecule has 0 bridgehead atoms. The van der Waals surface area contributed by atoms with Gasteiger partial charge in [-0.1, -0.05) is 6.07 Å². The van der Waals surface area contributed by atoms with Crippen LogP contribution in [0.25, 0.3) is 0 Å². The van der Waals surface area contributed by atoms with E-state index in [1.165, 1.54) is 7.11 Å². The number of aliphatic hydroxyl groups excluding tert-OH is 1. The molecule has 0 radical (unpaired) electrons. The first-order valence-electron chi connectivity index (χ1n) is 5.21. The lowest BCUT2D eigenvalue weighted by atomic mass is 9.99. The number of aryl methyl sites for hydroxylation is 1. The largest absolute Gasteiger partial charge is 0.479 e. The highest BCUT2D eigenvalue weighted by atomic mass is 127. The van der Waals surface area contributed by atoms with Gasteiger partial charge in [-0.25, -0.2) is 4.79 Å². The Kier molecular flexibility index (Phi) is 5.54. The van der Waals surface area contributed by atoms with Gasteiger partial charge in [0.2, 0.25) is 0 Å². The van der Waals surface area contributed by atoms with Gasteiger partial charge in [-0.05, 0) is 52.3 Å². The maximum atomic E-state index is 11.1. The molecule has 0 spiro atoms. The zero-order chi connectivity index (χ0) is 13.7. The summed E-state index contributed by atoms with van der Waals surface area (Å²) in [5.41, 5.74) is 0.953. The van der Waals surface area contributed by atoms with Gasteiger partial charge in [-0.2, -0.15) is 0 Å². The van der Waals surface area contributed by atoms with Gasteiger partial charge in [0.15, 0.2) is 6.10 Å². The summed E-state index contributed by atoms with van der Waals surface area (Å²) in [5.74, 6) is -1.68. The van der Waals surface area contributed by atoms with Crippen molar-refractivity contribution in [1.29, 1.82) is 0 Å². The number of methoxy groups -OCH3 is 1. The van der Waals surface area contributed by atoms with Crippen LogP contribution in [0.3, 0.4) is 0 Å². The quantitative estimate of drug-likeness (QED) is 0.612. The fourth-order valence-electron chi connectivity index (χ4n) is 1.53. The van der Waals surface area contributed by atoms with Crippen LogP contribution in [-0.2, 0) is 20.7 Å². The fourth-order valence-corrected chi connectivity index (χ4v) is 2.09. The molecule has 5 nitrogen and oxygen atoms in total. The van der Waals surface area contributed by atoms with Gasteiger partial charge < -0.3 is 14.9 Å². The molecule has 1 unspecified atom stereocenters. The summed E-state index contributed by atoms with van der Waals surface area (Å²) in [6.45, 7) is 0. The lowest BCUT2D eigenvalue weighted by Crippen LogP contribution is -2.13. The van der Waals surface area contributed by atoms with Crippen LogP contribution in [-0.4, -0.2) is 29.3 Å². The summed E-state index contributed by atoms with van der Waals surface area (Å²) < 4.78 is 5.44. The van der Waals surface area contributed by atoms with Crippen molar-refractivity contribution >= 4 is 34.5 Å². The number of aliphatic carboxylic acids is 1. The Hall–Kier alpha value is -1.15. The summed E-state index contributed by atoms with van der Waals surface area (Å²) in [6.07, 6.45) is -1.09. The minimum absolute atomic E-state index is 0.149. The Morgan fingerprint density at radius 1 is 1.44 bits per heavy atom. The third-order valence-electron chi connectivity index (χ3n) is 2.46. The maximum absolute atomic E-state index is 11.1. The second kappa shape index (κ2) is 6.69. The van der Waals surface area contributed by atoms with Crippen molar-refractivity contribution in [2.75, 3.05) is 7.11 Å². The summed E-state index contributed by atoms with van der Waals surface area (Å²) in [7, 11) is 1.30. The summed E-state index contributed by atoms with van der Waals surface area (Å²) in [5, 5.41) is 18.4. The normalized spacial score (nSPS) is 11.9. The summed E-state index contributed by atoms with van der Waals surface area (Å²) in [4.78, 5) is 21.9. The number of carbonyl (C=O) groups excluding carboxylic acids is 1. The average molecular weight is 364 g/mol. The smallest absolute Gasteiger partial charge is 0.337 e. The van der Waals surface area contributed by atoms with E-state index in [2.05, 4.69) is 27.3 Å². The number of carbonyl (C=O) groups is 2.